The van der Waals surface area contributed by atoms with Crippen LogP contribution in [0, 0.1) is 5.92 Å². The Morgan fingerprint density at radius 1 is 1.44 bits per heavy atom. The molecule has 1 N–H and O–H groups in total. The van der Waals surface area contributed by atoms with Crippen molar-refractivity contribution >= 4 is 17.9 Å². The Balaban J connectivity index is 4.11. The topological polar surface area (TPSA) is 89.9 Å². The lowest BCUT2D eigenvalue weighted by Gasteiger charge is -2.11. The number of carbonyl (C=O) groups is 3. The fraction of sp³-hybridized carbons (Fsp3) is 0.500. The van der Waals surface area contributed by atoms with Gasteiger partial charge in [-0.1, -0.05) is 6.58 Å². The molecule has 0 bridgehead atoms. The normalized spacial score (nSPS) is 11.3. The van der Waals surface area contributed by atoms with Crippen LogP contribution in [0.2, 0.25) is 0 Å². The summed E-state index contributed by atoms with van der Waals surface area (Å²) in [4.78, 5) is 32.3. The fourth-order valence-corrected chi connectivity index (χ4v) is 1.04. The monoisotopic (exact) mass is 230 g/mol. The van der Waals surface area contributed by atoms with Crippen molar-refractivity contribution in [3.05, 3.63) is 12.7 Å². The van der Waals surface area contributed by atoms with Gasteiger partial charge >= 0.3 is 17.9 Å². The van der Waals surface area contributed by atoms with Crippen LogP contribution in [0.15, 0.2) is 12.7 Å². The zero-order chi connectivity index (χ0) is 12.6. The first kappa shape index (κ1) is 14.2. The van der Waals surface area contributed by atoms with Gasteiger partial charge in [0.1, 0.15) is 0 Å². The molecule has 0 amide bonds. The van der Waals surface area contributed by atoms with Crippen molar-refractivity contribution in [3.8, 4) is 0 Å². The summed E-state index contributed by atoms with van der Waals surface area (Å²) in [6.45, 7) is 3.15. The van der Waals surface area contributed by atoms with Crippen molar-refractivity contribution in [3.63, 3.8) is 0 Å². The number of ether oxygens (including phenoxy) is 2. The molecule has 16 heavy (non-hydrogen) atoms. The molecule has 0 aromatic carbocycles. The first-order chi connectivity index (χ1) is 7.51. The molecule has 0 aliphatic carbocycles. The molecule has 0 aliphatic heterocycles. The van der Waals surface area contributed by atoms with Gasteiger partial charge in [0.2, 0.25) is 0 Å². The van der Waals surface area contributed by atoms with E-state index in [1.807, 2.05) is 0 Å². The van der Waals surface area contributed by atoms with E-state index in [-0.39, 0.29) is 19.4 Å². The fourth-order valence-electron chi connectivity index (χ4n) is 1.04. The van der Waals surface area contributed by atoms with Crippen molar-refractivity contribution in [2.75, 3.05) is 13.7 Å². The van der Waals surface area contributed by atoms with Gasteiger partial charge in [0.15, 0.2) is 0 Å². The standard InChI is InChI=1S/C10H14O6/c1-3-9(13)16-5-4-7(6-8(11)12)10(14)15-2/h3,7H,1,4-6H2,2H3,(H,11,12). The van der Waals surface area contributed by atoms with Crippen molar-refractivity contribution < 1.29 is 29.0 Å². The molecule has 0 rings (SSSR count). The molecule has 1 atom stereocenters. The molecule has 0 aromatic heterocycles. The van der Waals surface area contributed by atoms with Crippen molar-refractivity contribution in [2.45, 2.75) is 12.8 Å². The highest BCUT2D eigenvalue weighted by Gasteiger charge is 2.22. The van der Waals surface area contributed by atoms with E-state index in [1.165, 1.54) is 7.11 Å². The van der Waals surface area contributed by atoms with E-state index in [1.54, 1.807) is 0 Å². The molecular formula is C10H14O6. The van der Waals surface area contributed by atoms with Crippen LogP contribution in [-0.2, 0) is 23.9 Å². The maximum absolute atomic E-state index is 11.1. The average molecular weight is 230 g/mol. The Hall–Kier alpha value is -1.85. The molecule has 1 unspecified atom stereocenters. The number of carboxylic acids is 1. The van der Waals surface area contributed by atoms with Crippen LogP contribution in [0.25, 0.3) is 0 Å². The van der Waals surface area contributed by atoms with E-state index in [0.29, 0.717) is 0 Å². The second-order valence-electron chi connectivity index (χ2n) is 2.98. The molecule has 0 saturated carbocycles. The van der Waals surface area contributed by atoms with Crippen LogP contribution < -0.4 is 0 Å². The van der Waals surface area contributed by atoms with Crippen LogP contribution in [0.3, 0.4) is 0 Å². The summed E-state index contributed by atoms with van der Waals surface area (Å²) in [6.07, 6.45) is 0.751. The van der Waals surface area contributed by atoms with Gasteiger partial charge in [0.05, 0.1) is 26.1 Å². The van der Waals surface area contributed by atoms with Crippen LogP contribution in [0.1, 0.15) is 12.8 Å². The summed E-state index contributed by atoms with van der Waals surface area (Å²) in [7, 11) is 1.17. The minimum Gasteiger partial charge on any atom is -0.481 e. The van der Waals surface area contributed by atoms with E-state index < -0.39 is 23.8 Å². The van der Waals surface area contributed by atoms with E-state index in [0.717, 1.165) is 6.08 Å². The van der Waals surface area contributed by atoms with Gasteiger partial charge in [-0.3, -0.25) is 9.59 Å². The molecule has 6 heteroatoms. The number of esters is 2. The number of hydrogen-bond donors (Lipinski definition) is 1. The zero-order valence-electron chi connectivity index (χ0n) is 8.97. The van der Waals surface area contributed by atoms with Gasteiger partial charge in [-0.25, -0.2) is 4.79 Å². The predicted molar refractivity (Wildman–Crippen MR) is 53.5 cm³/mol. The van der Waals surface area contributed by atoms with Gasteiger partial charge in [0.25, 0.3) is 0 Å². The Morgan fingerprint density at radius 2 is 2.06 bits per heavy atom. The van der Waals surface area contributed by atoms with Crippen molar-refractivity contribution in [1.82, 2.24) is 0 Å². The number of hydrogen-bond acceptors (Lipinski definition) is 5. The minimum atomic E-state index is -1.11. The lowest BCUT2D eigenvalue weighted by molar-refractivity contribution is -0.152. The highest BCUT2D eigenvalue weighted by molar-refractivity contribution is 5.81. The van der Waals surface area contributed by atoms with Crippen LogP contribution in [0.5, 0.6) is 0 Å². The maximum atomic E-state index is 11.1. The van der Waals surface area contributed by atoms with E-state index in [9.17, 15) is 14.4 Å². The Morgan fingerprint density at radius 3 is 2.50 bits per heavy atom. The van der Waals surface area contributed by atoms with Crippen LogP contribution in [0.4, 0.5) is 0 Å². The lowest BCUT2D eigenvalue weighted by atomic mass is 10.0. The molecule has 0 saturated heterocycles. The first-order valence-corrected chi connectivity index (χ1v) is 4.60. The summed E-state index contributed by atoms with van der Waals surface area (Å²) in [5.74, 6) is -3.15. The Bertz CT molecular complexity index is 283. The number of aliphatic carboxylic acids is 1. The van der Waals surface area contributed by atoms with Gasteiger partial charge in [-0.2, -0.15) is 0 Å². The lowest BCUT2D eigenvalue weighted by Crippen LogP contribution is -2.22. The SMILES string of the molecule is C=CC(=O)OCCC(CC(=O)O)C(=O)OC. The van der Waals surface area contributed by atoms with E-state index >= 15 is 0 Å². The quantitative estimate of drug-likeness (QED) is 0.502. The van der Waals surface area contributed by atoms with Crippen LogP contribution in [-0.4, -0.2) is 36.7 Å². The third-order valence-corrected chi connectivity index (χ3v) is 1.83. The number of carboxylic acid groups (broad SMARTS) is 1. The van der Waals surface area contributed by atoms with Crippen LogP contribution >= 0.6 is 0 Å². The predicted octanol–water partition coefficient (Wildman–Crippen LogP) is 0.370. The van der Waals surface area contributed by atoms with Crippen molar-refractivity contribution in [2.24, 2.45) is 5.92 Å². The molecule has 0 aromatic rings. The molecule has 6 nitrogen and oxygen atoms in total. The molecular weight excluding hydrogens is 216 g/mol. The number of rotatable bonds is 7. The smallest absolute Gasteiger partial charge is 0.330 e. The zero-order valence-corrected chi connectivity index (χ0v) is 8.97. The molecule has 90 valence electrons. The summed E-state index contributed by atoms with van der Waals surface area (Å²) < 4.78 is 9.07. The molecule has 0 fully saturated rings. The molecule has 0 heterocycles. The second-order valence-corrected chi connectivity index (χ2v) is 2.98. The molecule has 0 aliphatic rings. The van der Waals surface area contributed by atoms with E-state index in [4.69, 9.17) is 5.11 Å². The van der Waals surface area contributed by atoms with Crippen molar-refractivity contribution in [1.29, 1.82) is 0 Å². The second kappa shape index (κ2) is 7.44. The summed E-state index contributed by atoms with van der Waals surface area (Å²) in [5, 5.41) is 8.55. The third kappa shape index (κ3) is 5.79. The number of carbonyl (C=O) groups excluding carboxylic acids is 2. The third-order valence-electron chi connectivity index (χ3n) is 1.83. The van der Waals surface area contributed by atoms with Gasteiger partial charge in [-0.05, 0) is 6.42 Å². The van der Waals surface area contributed by atoms with E-state index in [2.05, 4.69) is 16.1 Å². The summed E-state index contributed by atoms with van der Waals surface area (Å²) in [6, 6.07) is 0. The van der Waals surface area contributed by atoms with Gasteiger partial charge in [0, 0.05) is 6.08 Å². The average Bonchev–Trinajstić information content (AvgIpc) is 2.25. The van der Waals surface area contributed by atoms with Gasteiger partial charge < -0.3 is 14.6 Å². The highest BCUT2D eigenvalue weighted by Crippen LogP contribution is 2.11. The highest BCUT2D eigenvalue weighted by atomic mass is 16.5. The molecule has 0 spiro atoms. The Kier molecular flexibility index (Phi) is 6.58. The number of methoxy groups -OCH3 is 1. The minimum absolute atomic E-state index is 0.0438. The largest absolute Gasteiger partial charge is 0.481 e. The summed E-state index contributed by atoms with van der Waals surface area (Å²) >= 11 is 0. The molecule has 0 radical (unpaired) electrons. The van der Waals surface area contributed by atoms with Gasteiger partial charge in [-0.15, -0.1) is 0 Å². The first-order valence-electron chi connectivity index (χ1n) is 4.60. The Labute approximate surface area is 92.8 Å². The summed E-state index contributed by atoms with van der Waals surface area (Å²) in [5.41, 5.74) is 0. The maximum Gasteiger partial charge on any atom is 0.330 e.